The molecule has 0 bridgehead atoms. The SMILES string of the molecule is CCc1cc2c(=O)c3ccc4cc5c6cc(CC)c(CC)cc6c(=O)c6ccc7cc(c2cc1CC)c3c4c7c65. The second-order valence-electron chi connectivity index (χ2n) is 11.4. The van der Waals surface area contributed by atoms with Gasteiger partial charge in [0.25, 0.3) is 0 Å². The lowest BCUT2D eigenvalue weighted by Gasteiger charge is -2.20. The number of hydrogen-bond acceptors (Lipinski definition) is 2. The smallest absolute Gasteiger partial charge is 0.194 e. The molecular weight excluding hydrogens is 488 g/mol. The van der Waals surface area contributed by atoms with Crippen LogP contribution in [0.5, 0.6) is 0 Å². The van der Waals surface area contributed by atoms with Gasteiger partial charge in [0.1, 0.15) is 0 Å². The van der Waals surface area contributed by atoms with Crippen LogP contribution in [0.15, 0.2) is 70.3 Å². The Kier molecular flexibility index (Phi) is 4.78. The fourth-order valence-corrected chi connectivity index (χ4v) is 7.64. The zero-order chi connectivity index (χ0) is 27.4. The van der Waals surface area contributed by atoms with Crippen molar-refractivity contribution in [2.45, 2.75) is 53.4 Å². The molecule has 0 aromatic heterocycles. The normalized spacial score (nSPS) is 12.6. The van der Waals surface area contributed by atoms with Crippen molar-refractivity contribution in [1.82, 2.24) is 0 Å². The van der Waals surface area contributed by atoms with E-state index >= 15 is 0 Å². The van der Waals surface area contributed by atoms with Gasteiger partial charge in [0, 0.05) is 32.3 Å². The van der Waals surface area contributed by atoms with Gasteiger partial charge in [-0.25, -0.2) is 0 Å². The summed E-state index contributed by atoms with van der Waals surface area (Å²) in [5.74, 6) is 0. The van der Waals surface area contributed by atoms with Crippen molar-refractivity contribution in [3.63, 3.8) is 0 Å². The molecule has 8 aromatic carbocycles. The molecule has 0 radical (unpaired) electrons. The van der Waals surface area contributed by atoms with E-state index in [1.807, 2.05) is 12.1 Å². The van der Waals surface area contributed by atoms with E-state index in [1.54, 1.807) is 0 Å². The van der Waals surface area contributed by atoms with Crippen LogP contribution in [-0.2, 0) is 25.7 Å². The molecule has 0 aliphatic carbocycles. The van der Waals surface area contributed by atoms with Crippen molar-refractivity contribution in [3.8, 4) is 0 Å². The van der Waals surface area contributed by atoms with E-state index in [4.69, 9.17) is 0 Å². The summed E-state index contributed by atoms with van der Waals surface area (Å²) in [6.07, 6.45) is 3.71. The second kappa shape index (κ2) is 8.11. The van der Waals surface area contributed by atoms with E-state index in [2.05, 4.69) is 76.2 Å². The van der Waals surface area contributed by atoms with Crippen LogP contribution in [0, 0.1) is 0 Å². The predicted molar refractivity (Wildman–Crippen MR) is 173 cm³/mol. The van der Waals surface area contributed by atoms with Gasteiger partial charge in [0.05, 0.1) is 0 Å². The van der Waals surface area contributed by atoms with Crippen LogP contribution in [0.25, 0.3) is 75.4 Å². The molecule has 2 heteroatoms. The Bertz CT molecular complexity index is 2280. The van der Waals surface area contributed by atoms with Crippen molar-refractivity contribution >= 4 is 75.4 Å². The Morgan fingerprint density at radius 2 is 0.725 bits per heavy atom. The van der Waals surface area contributed by atoms with E-state index in [1.165, 1.54) is 22.3 Å². The van der Waals surface area contributed by atoms with Crippen LogP contribution in [0.2, 0.25) is 0 Å². The van der Waals surface area contributed by atoms with E-state index < -0.39 is 0 Å². The molecule has 0 spiro atoms. The standard InChI is InChI=1S/C38H30O2/c1-5-19-13-27-29-17-23-9-12-26-36-30(28-14-20(6-2)22(8-4)16-32(28)38(26)40)18-24-10-11-25(35(29)33(24)34(23)36)37(39)31(27)15-21(19)7-3/h9-18H,5-8H2,1-4H3. The topological polar surface area (TPSA) is 34.1 Å². The van der Waals surface area contributed by atoms with Crippen molar-refractivity contribution in [2.24, 2.45) is 0 Å². The second-order valence-corrected chi connectivity index (χ2v) is 11.4. The lowest BCUT2D eigenvalue weighted by molar-refractivity contribution is 1.04. The Morgan fingerprint density at radius 3 is 1.07 bits per heavy atom. The van der Waals surface area contributed by atoms with E-state index in [0.717, 1.165) is 101 Å². The maximum atomic E-state index is 14.0. The average Bonchev–Trinajstić information content (AvgIpc) is 3.00. The van der Waals surface area contributed by atoms with Crippen LogP contribution >= 0.6 is 0 Å². The quantitative estimate of drug-likeness (QED) is 0.172. The molecule has 8 rings (SSSR count). The zero-order valence-electron chi connectivity index (χ0n) is 23.4. The van der Waals surface area contributed by atoms with E-state index in [0.29, 0.717) is 0 Å². The summed E-state index contributed by atoms with van der Waals surface area (Å²) in [4.78, 5) is 28.0. The van der Waals surface area contributed by atoms with Gasteiger partial charge in [-0.2, -0.15) is 0 Å². The molecule has 0 N–H and O–H groups in total. The Balaban J connectivity index is 1.66. The van der Waals surface area contributed by atoms with Gasteiger partial charge in [0.15, 0.2) is 10.9 Å². The molecule has 40 heavy (non-hydrogen) atoms. The highest BCUT2D eigenvalue weighted by molar-refractivity contribution is 6.40. The van der Waals surface area contributed by atoms with Crippen LogP contribution in [0.1, 0.15) is 49.9 Å². The molecule has 8 aromatic rings. The molecule has 0 aliphatic rings. The van der Waals surface area contributed by atoms with Crippen LogP contribution in [0.4, 0.5) is 0 Å². The fraction of sp³-hybridized carbons (Fsp3) is 0.211. The summed E-state index contributed by atoms with van der Waals surface area (Å²) in [6, 6.07) is 21.6. The third-order valence-electron chi connectivity index (χ3n) is 9.63. The predicted octanol–water partition coefficient (Wildman–Crippen LogP) is 9.04. The van der Waals surface area contributed by atoms with Gasteiger partial charge in [-0.3, -0.25) is 9.59 Å². The first-order chi connectivity index (χ1) is 19.5. The number of fused-ring (bicyclic) bond motifs is 4. The molecule has 0 fully saturated rings. The molecule has 0 amide bonds. The first-order valence-electron chi connectivity index (χ1n) is 14.7. The van der Waals surface area contributed by atoms with Gasteiger partial charge in [-0.1, -0.05) is 52.0 Å². The minimum Gasteiger partial charge on any atom is -0.289 e. The van der Waals surface area contributed by atoms with Gasteiger partial charge in [-0.05, 0) is 127 Å². The monoisotopic (exact) mass is 518 g/mol. The minimum absolute atomic E-state index is 0.103. The van der Waals surface area contributed by atoms with Gasteiger partial charge in [0.2, 0.25) is 0 Å². The highest BCUT2D eigenvalue weighted by Crippen LogP contribution is 2.45. The molecule has 0 aliphatic heterocycles. The van der Waals surface area contributed by atoms with Crippen LogP contribution in [0.3, 0.4) is 0 Å². The molecule has 0 heterocycles. The Hall–Kier alpha value is -4.30. The summed E-state index contributed by atoms with van der Waals surface area (Å²) in [5, 5.41) is 14.0. The minimum atomic E-state index is 0.103. The molecular formula is C38H30O2. The summed E-state index contributed by atoms with van der Waals surface area (Å²) >= 11 is 0. The molecule has 2 nitrogen and oxygen atoms in total. The maximum Gasteiger partial charge on any atom is 0.194 e. The third-order valence-corrected chi connectivity index (χ3v) is 9.63. The first-order valence-corrected chi connectivity index (χ1v) is 14.7. The fourth-order valence-electron chi connectivity index (χ4n) is 7.64. The number of rotatable bonds is 4. The van der Waals surface area contributed by atoms with E-state index in [9.17, 15) is 9.59 Å². The Labute approximate surface area is 231 Å². The van der Waals surface area contributed by atoms with Gasteiger partial charge in [-0.15, -0.1) is 0 Å². The number of benzene rings is 8. The highest BCUT2D eigenvalue weighted by Gasteiger charge is 2.22. The van der Waals surface area contributed by atoms with E-state index in [-0.39, 0.29) is 10.9 Å². The van der Waals surface area contributed by atoms with Crippen LogP contribution in [-0.4, -0.2) is 0 Å². The van der Waals surface area contributed by atoms with Crippen LogP contribution < -0.4 is 10.9 Å². The maximum absolute atomic E-state index is 14.0. The van der Waals surface area contributed by atoms with Gasteiger partial charge < -0.3 is 0 Å². The van der Waals surface area contributed by atoms with Crippen molar-refractivity contribution in [3.05, 3.63) is 103 Å². The lowest BCUT2D eigenvalue weighted by atomic mass is 9.83. The number of hydrogen-bond donors (Lipinski definition) is 0. The van der Waals surface area contributed by atoms with Crippen molar-refractivity contribution in [1.29, 1.82) is 0 Å². The van der Waals surface area contributed by atoms with Gasteiger partial charge >= 0.3 is 0 Å². The van der Waals surface area contributed by atoms with Crippen molar-refractivity contribution in [2.75, 3.05) is 0 Å². The molecule has 0 atom stereocenters. The number of aryl methyl sites for hydroxylation is 4. The molecule has 0 unspecified atom stereocenters. The summed E-state index contributed by atoms with van der Waals surface area (Å²) in [5.41, 5.74) is 5.33. The molecule has 0 saturated heterocycles. The Morgan fingerprint density at radius 1 is 0.375 bits per heavy atom. The summed E-state index contributed by atoms with van der Waals surface area (Å²) in [6.45, 7) is 8.70. The summed E-state index contributed by atoms with van der Waals surface area (Å²) < 4.78 is 0. The summed E-state index contributed by atoms with van der Waals surface area (Å²) in [7, 11) is 0. The molecule has 0 saturated carbocycles. The molecule has 194 valence electrons. The first kappa shape index (κ1) is 23.6. The van der Waals surface area contributed by atoms with Crippen molar-refractivity contribution < 1.29 is 0 Å². The lowest BCUT2D eigenvalue weighted by Crippen LogP contribution is -2.07. The highest BCUT2D eigenvalue weighted by atomic mass is 16.1. The average molecular weight is 519 g/mol. The zero-order valence-corrected chi connectivity index (χ0v) is 23.4. The third kappa shape index (κ3) is 2.79. The largest absolute Gasteiger partial charge is 0.289 e.